The molecule has 1 aromatic heterocycles. The van der Waals surface area contributed by atoms with Crippen LogP contribution in [0.4, 0.5) is 0 Å². The molecule has 1 aromatic rings. The third-order valence-corrected chi connectivity index (χ3v) is 4.09. The van der Waals surface area contributed by atoms with Crippen LogP contribution < -0.4 is 5.73 Å². The first kappa shape index (κ1) is 12.0. The first-order valence-corrected chi connectivity index (χ1v) is 6.59. The Labute approximate surface area is 100 Å². The molecule has 2 atom stereocenters. The molecule has 2 heterocycles. The van der Waals surface area contributed by atoms with Gasteiger partial charge in [-0.1, -0.05) is 0 Å². The minimum Gasteiger partial charge on any atom is -0.394 e. The summed E-state index contributed by atoms with van der Waals surface area (Å²) in [7, 11) is 2.15. The molecule has 1 saturated heterocycles. The highest BCUT2D eigenvalue weighted by Crippen LogP contribution is 2.28. The third kappa shape index (κ3) is 2.60. The number of nitrogens with two attached hydrogens (primary N) is 1. The Morgan fingerprint density at radius 3 is 3.25 bits per heavy atom. The van der Waals surface area contributed by atoms with E-state index < -0.39 is 0 Å². The van der Waals surface area contributed by atoms with Gasteiger partial charge in [0.15, 0.2) is 0 Å². The van der Waals surface area contributed by atoms with E-state index in [0.717, 1.165) is 17.2 Å². The standard InChI is InChI=1S/C11H19N3OS/c1-14-4-2-3-8(5-14)10-7-16-11(13-10)9(12)6-15/h7-9,15H,2-6,12H2,1H3. The lowest BCUT2D eigenvalue weighted by atomic mass is 9.96. The van der Waals surface area contributed by atoms with Crippen molar-refractivity contribution >= 4 is 11.3 Å². The molecule has 0 aromatic carbocycles. The summed E-state index contributed by atoms with van der Waals surface area (Å²) in [5.41, 5.74) is 6.90. The number of rotatable bonds is 3. The van der Waals surface area contributed by atoms with E-state index in [0.29, 0.717) is 5.92 Å². The van der Waals surface area contributed by atoms with Crippen LogP contribution in [0.25, 0.3) is 0 Å². The number of thiazole rings is 1. The minimum absolute atomic E-state index is 0.0302. The van der Waals surface area contributed by atoms with Gasteiger partial charge in [0.2, 0.25) is 0 Å². The van der Waals surface area contributed by atoms with Crippen molar-refractivity contribution in [1.29, 1.82) is 0 Å². The van der Waals surface area contributed by atoms with E-state index in [1.807, 2.05) is 0 Å². The maximum Gasteiger partial charge on any atom is 0.112 e. The highest BCUT2D eigenvalue weighted by molar-refractivity contribution is 7.09. The largest absolute Gasteiger partial charge is 0.394 e. The molecule has 4 nitrogen and oxygen atoms in total. The van der Waals surface area contributed by atoms with E-state index in [9.17, 15) is 0 Å². The summed E-state index contributed by atoms with van der Waals surface area (Å²) in [6.07, 6.45) is 2.45. The number of hydrogen-bond acceptors (Lipinski definition) is 5. The molecule has 0 radical (unpaired) electrons. The van der Waals surface area contributed by atoms with Gasteiger partial charge in [0.25, 0.3) is 0 Å². The Morgan fingerprint density at radius 2 is 2.56 bits per heavy atom. The second-order valence-corrected chi connectivity index (χ2v) is 5.39. The second kappa shape index (κ2) is 5.23. The van der Waals surface area contributed by atoms with Crippen molar-refractivity contribution in [1.82, 2.24) is 9.88 Å². The molecule has 5 heteroatoms. The number of piperidine rings is 1. The average molecular weight is 241 g/mol. The third-order valence-electron chi connectivity index (χ3n) is 3.10. The van der Waals surface area contributed by atoms with Gasteiger partial charge in [-0.3, -0.25) is 0 Å². The summed E-state index contributed by atoms with van der Waals surface area (Å²) in [4.78, 5) is 6.89. The summed E-state index contributed by atoms with van der Waals surface area (Å²) in [6, 6.07) is -0.319. The number of aliphatic hydroxyl groups excluding tert-OH is 1. The van der Waals surface area contributed by atoms with Gasteiger partial charge in [0.05, 0.1) is 18.3 Å². The van der Waals surface area contributed by atoms with Crippen molar-refractivity contribution in [2.75, 3.05) is 26.7 Å². The van der Waals surface area contributed by atoms with Crippen LogP contribution in [0.3, 0.4) is 0 Å². The predicted molar refractivity (Wildman–Crippen MR) is 65.6 cm³/mol. The Kier molecular flexibility index (Phi) is 3.91. The van der Waals surface area contributed by atoms with E-state index in [4.69, 9.17) is 10.8 Å². The SMILES string of the molecule is CN1CCCC(c2csc(C(N)CO)n2)C1. The minimum atomic E-state index is -0.319. The fourth-order valence-corrected chi connectivity index (χ4v) is 3.04. The zero-order valence-electron chi connectivity index (χ0n) is 9.59. The van der Waals surface area contributed by atoms with Gasteiger partial charge in [0.1, 0.15) is 5.01 Å². The molecule has 90 valence electrons. The smallest absolute Gasteiger partial charge is 0.112 e. The molecule has 1 aliphatic rings. The van der Waals surface area contributed by atoms with Crippen LogP contribution >= 0.6 is 11.3 Å². The zero-order chi connectivity index (χ0) is 11.5. The number of aliphatic hydroxyl groups is 1. The van der Waals surface area contributed by atoms with Crippen molar-refractivity contribution in [2.24, 2.45) is 5.73 Å². The van der Waals surface area contributed by atoms with Gasteiger partial charge in [-0.15, -0.1) is 11.3 Å². The van der Waals surface area contributed by atoms with Crippen LogP contribution in [0.5, 0.6) is 0 Å². The topological polar surface area (TPSA) is 62.4 Å². The van der Waals surface area contributed by atoms with Crippen molar-refractivity contribution < 1.29 is 5.11 Å². The number of aromatic nitrogens is 1. The molecule has 0 bridgehead atoms. The van der Waals surface area contributed by atoms with Crippen molar-refractivity contribution in [2.45, 2.75) is 24.8 Å². The van der Waals surface area contributed by atoms with E-state index in [1.54, 1.807) is 11.3 Å². The second-order valence-electron chi connectivity index (χ2n) is 4.50. The van der Waals surface area contributed by atoms with Gasteiger partial charge >= 0.3 is 0 Å². The van der Waals surface area contributed by atoms with E-state index in [2.05, 4.69) is 22.3 Å². The molecule has 0 amide bonds. The van der Waals surface area contributed by atoms with E-state index >= 15 is 0 Å². The molecular formula is C11H19N3OS. The lowest BCUT2D eigenvalue weighted by Gasteiger charge is -2.28. The Morgan fingerprint density at radius 1 is 1.75 bits per heavy atom. The van der Waals surface area contributed by atoms with Gasteiger partial charge in [-0.2, -0.15) is 0 Å². The fraction of sp³-hybridized carbons (Fsp3) is 0.727. The molecule has 1 fully saturated rings. The summed E-state index contributed by atoms with van der Waals surface area (Å²) >= 11 is 1.56. The monoisotopic (exact) mass is 241 g/mol. The van der Waals surface area contributed by atoms with Crippen molar-refractivity contribution in [3.8, 4) is 0 Å². The number of likely N-dealkylation sites (N-methyl/N-ethyl adjacent to an activating group) is 1. The van der Waals surface area contributed by atoms with Crippen LogP contribution in [0.2, 0.25) is 0 Å². The molecule has 0 spiro atoms. The summed E-state index contributed by atoms with van der Waals surface area (Å²) in [5.74, 6) is 0.537. The molecule has 2 unspecified atom stereocenters. The summed E-state index contributed by atoms with van der Waals surface area (Å²) in [6.45, 7) is 2.23. The van der Waals surface area contributed by atoms with Crippen LogP contribution in [-0.4, -0.2) is 41.7 Å². The Hall–Kier alpha value is -0.490. The quantitative estimate of drug-likeness (QED) is 0.827. The van der Waals surface area contributed by atoms with Crippen LogP contribution in [-0.2, 0) is 0 Å². The Balaban J connectivity index is 2.06. The Bertz CT molecular complexity index is 342. The van der Waals surface area contributed by atoms with E-state index in [1.165, 1.54) is 19.4 Å². The molecule has 1 aliphatic heterocycles. The zero-order valence-corrected chi connectivity index (χ0v) is 10.4. The van der Waals surface area contributed by atoms with Crippen molar-refractivity contribution in [3.63, 3.8) is 0 Å². The normalized spacial score (nSPS) is 24.6. The number of nitrogens with zero attached hydrogens (tertiary/aromatic N) is 2. The number of likely N-dealkylation sites (tertiary alicyclic amines) is 1. The molecule has 2 rings (SSSR count). The summed E-state index contributed by atoms with van der Waals surface area (Å²) in [5, 5.41) is 11.9. The first-order valence-electron chi connectivity index (χ1n) is 5.71. The van der Waals surface area contributed by atoms with Crippen molar-refractivity contribution in [3.05, 3.63) is 16.1 Å². The lowest BCUT2D eigenvalue weighted by Crippen LogP contribution is -2.31. The van der Waals surface area contributed by atoms with Crippen LogP contribution in [0, 0.1) is 0 Å². The highest BCUT2D eigenvalue weighted by atomic mass is 32.1. The molecule has 16 heavy (non-hydrogen) atoms. The van der Waals surface area contributed by atoms with E-state index in [-0.39, 0.29) is 12.6 Å². The van der Waals surface area contributed by atoms with Gasteiger partial charge in [0, 0.05) is 17.8 Å². The predicted octanol–water partition coefficient (Wildman–Crippen LogP) is 0.944. The molecule has 0 saturated carbocycles. The average Bonchev–Trinajstić information content (AvgIpc) is 2.77. The molecule has 3 N–H and O–H groups in total. The maximum absolute atomic E-state index is 8.98. The molecule has 0 aliphatic carbocycles. The maximum atomic E-state index is 8.98. The van der Waals surface area contributed by atoms with Crippen LogP contribution in [0.1, 0.15) is 35.5 Å². The number of hydrogen-bond donors (Lipinski definition) is 2. The fourth-order valence-electron chi connectivity index (χ4n) is 2.14. The first-order chi connectivity index (χ1) is 7.70. The molecular weight excluding hydrogens is 222 g/mol. The van der Waals surface area contributed by atoms with Gasteiger partial charge in [-0.05, 0) is 26.4 Å². The van der Waals surface area contributed by atoms with Crippen LogP contribution in [0.15, 0.2) is 5.38 Å². The van der Waals surface area contributed by atoms with Gasteiger partial charge in [-0.25, -0.2) is 4.98 Å². The summed E-state index contributed by atoms with van der Waals surface area (Å²) < 4.78 is 0. The van der Waals surface area contributed by atoms with Gasteiger partial charge < -0.3 is 15.7 Å². The lowest BCUT2D eigenvalue weighted by molar-refractivity contribution is 0.248. The highest BCUT2D eigenvalue weighted by Gasteiger charge is 2.22.